The molecule has 19 heavy (non-hydrogen) atoms. The Kier molecular flexibility index (Phi) is 2.85. The molecule has 4 heteroatoms. The minimum atomic E-state index is 0.397. The first kappa shape index (κ1) is 12.0. The van der Waals surface area contributed by atoms with Gasteiger partial charge in [0.25, 0.3) is 0 Å². The van der Waals surface area contributed by atoms with Gasteiger partial charge in [0.1, 0.15) is 17.4 Å². The van der Waals surface area contributed by atoms with Crippen LogP contribution < -0.4 is 10.5 Å². The third-order valence-electron chi connectivity index (χ3n) is 3.23. The van der Waals surface area contributed by atoms with Gasteiger partial charge in [-0.3, -0.25) is 0 Å². The van der Waals surface area contributed by atoms with E-state index < -0.39 is 0 Å². The van der Waals surface area contributed by atoms with Gasteiger partial charge in [0, 0.05) is 11.1 Å². The highest BCUT2D eigenvalue weighted by Gasteiger charge is 2.23. The van der Waals surface area contributed by atoms with Crippen molar-refractivity contribution in [3.05, 3.63) is 35.7 Å². The SMILES string of the molecule is Cc1nc(N)c(C)c(-c2cccc(OC3CC3)c2)n1. The lowest BCUT2D eigenvalue weighted by atomic mass is 10.1. The summed E-state index contributed by atoms with van der Waals surface area (Å²) in [6.45, 7) is 3.79. The van der Waals surface area contributed by atoms with Gasteiger partial charge in [-0.15, -0.1) is 0 Å². The van der Waals surface area contributed by atoms with Crippen molar-refractivity contribution in [1.82, 2.24) is 9.97 Å². The van der Waals surface area contributed by atoms with E-state index in [9.17, 15) is 0 Å². The maximum atomic E-state index is 5.91. The van der Waals surface area contributed by atoms with Crippen molar-refractivity contribution in [2.24, 2.45) is 0 Å². The van der Waals surface area contributed by atoms with Crippen molar-refractivity contribution in [3.8, 4) is 17.0 Å². The van der Waals surface area contributed by atoms with Crippen LogP contribution >= 0.6 is 0 Å². The molecule has 1 saturated carbocycles. The van der Waals surface area contributed by atoms with Crippen LogP contribution in [-0.4, -0.2) is 16.1 Å². The van der Waals surface area contributed by atoms with Crippen LogP contribution in [0.4, 0.5) is 5.82 Å². The maximum absolute atomic E-state index is 5.91. The highest BCUT2D eigenvalue weighted by molar-refractivity contribution is 5.68. The number of benzene rings is 1. The number of nitrogens with zero attached hydrogens (tertiary/aromatic N) is 2. The Hall–Kier alpha value is -2.10. The summed E-state index contributed by atoms with van der Waals surface area (Å²) in [5, 5.41) is 0. The van der Waals surface area contributed by atoms with Gasteiger partial charge in [-0.1, -0.05) is 12.1 Å². The van der Waals surface area contributed by atoms with Crippen LogP contribution in [0, 0.1) is 13.8 Å². The number of nitrogens with two attached hydrogens (primary N) is 1. The number of aromatic nitrogens is 2. The Morgan fingerprint density at radius 2 is 2.00 bits per heavy atom. The summed E-state index contributed by atoms with van der Waals surface area (Å²) >= 11 is 0. The van der Waals surface area contributed by atoms with Crippen LogP contribution in [0.3, 0.4) is 0 Å². The molecule has 0 saturated heterocycles. The minimum Gasteiger partial charge on any atom is -0.490 e. The minimum absolute atomic E-state index is 0.397. The molecule has 2 N–H and O–H groups in total. The van der Waals surface area contributed by atoms with Crippen LogP contribution in [0.25, 0.3) is 11.3 Å². The van der Waals surface area contributed by atoms with Gasteiger partial charge in [-0.05, 0) is 38.8 Å². The molecule has 1 aromatic heterocycles. The number of aryl methyl sites for hydroxylation is 1. The van der Waals surface area contributed by atoms with Gasteiger partial charge < -0.3 is 10.5 Å². The molecule has 4 nitrogen and oxygen atoms in total. The first-order valence-electron chi connectivity index (χ1n) is 6.51. The van der Waals surface area contributed by atoms with Gasteiger partial charge in [-0.2, -0.15) is 0 Å². The van der Waals surface area contributed by atoms with Gasteiger partial charge >= 0.3 is 0 Å². The number of anilines is 1. The van der Waals surface area contributed by atoms with E-state index in [0.29, 0.717) is 17.7 Å². The van der Waals surface area contributed by atoms with Crippen molar-refractivity contribution >= 4 is 5.82 Å². The Morgan fingerprint density at radius 3 is 2.74 bits per heavy atom. The fraction of sp³-hybridized carbons (Fsp3) is 0.333. The molecule has 1 heterocycles. The number of hydrogen-bond acceptors (Lipinski definition) is 4. The predicted octanol–water partition coefficient (Wildman–Crippen LogP) is 2.88. The van der Waals surface area contributed by atoms with Gasteiger partial charge in [0.2, 0.25) is 0 Å². The maximum Gasteiger partial charge on any atom is 0.130 e. The lowest BCUT2D eigenvalue weighted by molar-refractivity contribution is 0.303. The molecule has 2 aromatic rings. The first-order valence-corrected chi connectivity index (χ1v) is 6.51. The molecule has 1 aliphatic carbocycles. The number of hydrogen-bond donors (Lipinski definition) is 1. The fourth-order valence-electron chi connectivity index (χ4n) is 2.03. The number of nitrogen functional groups attached to an aromatic ring is 1. The second-order valence-electron chi connectivity index (χ2n) is 4.97. The number of rotatable bonds is 3. The topological polar surface area (TPSA) is 61.0 Å². The lowest BCUT2D eigenvalue weighted by Gasteiger charge is -2.10. The van der Waals surface area contributed by atoms with E-state index in [-0.39, 0.29) is 0 Å². The van der Waals surface area contributed by atoms with Crippen LogP contribution in [0.2, 0.25) is 0 Å². The largest absolute Gasteiger partial charge is 0.490 e. The zero-order valence-electron chi connectivity index (χ0n) is 11.2. The molecule has 0 amide bonds. The molecule has 0 unspecified atom stereocenters. The summed E-state index contributed by atoms with van der Waals surface area (Å²) in [6, 6.07) is 8.01. The zero-order chi connectivity index (χ0) is 13.4. The van der Waals surface area contributed by atoms with E-state index in [2.05, 4.69) is 9.97 Å². The molecular formula is C15H17N3O. The quantitative estimate of drug-likeness (QED) is 0.916. The molecular weight excluding hydrogens is 238 g/mol. The summed E-state index contributed by atoms with van der Waals surface area (Å²) in [6.07, 6.45) is 2.71. The molecule has 0 aliphatic heterocycles. The molecule has 1 aromatic carbocycles. The third kappa shape index (κ3) is 2.52. The summed E-state index contributed by atoms with van der Waals surface area (Å²) < 4.78 is 5.81. The first-order chi connectivity index (χ1) is 9.13. The fourth-order valence-corrected chi connectivity index (χ4v) is 2.03. The molecule has 3 rings (SSSR count). The van der Waals surface area contributed by atoms with E-state index in [4.69, 9.17) is 10.5 Å². The molecule has 0 radical (unpaired) electrons. The smallest absolute Gasteiger partial charge is 0.130 e. The summed E-state index contributed by atoms with van der Waals surface area (Å²) in [7, 11) is 0. The summed E-state index contributed by atoms with van der Waals surface area (Å²) in [5.74, 6) is 2.12. The van der Waals surface area contributed by atoms with Crippen LogP contribution in [0.5, 0.6) is 5.75 Å². The van der Waals surface area contributed by atoms with E-state index in [0.717, 1.165) is 35.4 Å². The highest BCUT2D eigenvalue weighted by Crippen LogP contribution is 2.31. The van der Waals surface area contributed by atoms with E-state index in [1.807, 2.05) is 38.1 Å². The third-order valence-corrected chi connectivity index (χ3v) is 3.23. The molecule has 1 aliphatic rings. The Morgan fingerprint density at radius 1 is 1.21 bits per heavy atom. The average Bonchev–Trinajstić information content (AvgIpc) is 3.18. The molecule has 0 atom stereocenters. The van der Waals surface area contributed by atoms with Crippen molar-refractivity contribution in [3.63, 3.8) is 0 Å². The van der Waals surface area contributed by atoms with E-state index >= 15 is 0 Å². The second kappa shape index (κ2) is 4.53. The standard InChI is InChI=1S/C15H17N3O/c1-9-14(17-10(2)18-15(9)16)11-4-3-5-13(8-11)19-12-6-7-12/h3-5,8,12H,6-7H2,1-2H3,(H2,16,17,18). The molecule has 0 spiro atoms. The Bertz CT molecular complexity index is 621. The zero-order valence-corrected chi connectivity index (χ0v) is 11.2. The van der Waals surface area contributed by atoms with Gasteiger partial charge in [-0.25, -0.2) is 9.97 Å². The van der Waals surface area contributed by atoms with Crippen LogP contribution in [0.15, 0.2) is 24.3 Å². The highest BCUT2D eigenvalue weighted by atomic mass is 16.5. The van der Waals surface area contributed by atoms with E-state index in [1.54, 1.807) is 0 Å². The Labute approximate surface area is 112 Å². The predicted molar refractivity (Wildman–Crippen MR) is 75.0 cm³/mol. The summed E-state index contributed by atoms with van der Waals surface area (Å²) in [4.78, 5) is 8.67. The Balaban J connectivity index is 2.01. The van der Waals surface area contributed by atoms with Crippen molar-refractivity contribution in [1.29, 1.82) is 0 Å². The number of ether oxygens (including phenoxy) is 1. The van der Waals surface area contributed by atoms with Gasteiger partial charge in [0.05, 0.1) is 11.8 Å². The monoisotopic (exact) mass is 255 g/mol. The second-order valence-corrected chi connectivity index (χ2v) is 4.97. The normalized spacial score (nSPS) is 14.4. The van der Waals surface area contributed by atoms with Crippen LogP contribution in [-0.2, 0) is 0 Å². The van der Waals surface area contributed by atoms with Crippen LogP contribution in [0.1, 0.15) is 24.2 Å². The summed E-state index contributed by atoms with van der Waals surface area (Å²) in [5.41, 5.74) is 8.72. The van der Waals surface area contributed by atoms with Crippen molar-refractivity contribution in [2.75, 3.05) is 5.73 Å². The molecule has 1 fully saturated rings. The average molecular weight is 255 g/mol. The van der Waals surface area contributed by atoms with E-state index in [1.165, 1.54) is 0 Å². The lowest BCUT2D eigenvalue weighted by Crippen LogP contribution is -2.02. The van der Waals surface area contributed by atoms with Crippen molar-refractivity contribution in [2.45, 2.75) is 32.8 Å². The molecule has 98 valence electrons. The molecule has 0 bridgehead atoms. The van der Waals surface area contributed by atoms with Gasteiger partial charge in [0.15, 0.2) is 0 Å². The van der Waals surface area contributed by atoms with Crippen molar-refractivity contribution < 1.29 is 4.74 Å².